The van der Waals surface area contributed by atoms with Crippen LogP contribution in [0.5, 0.6) is 0 Å². The van der Waals surface area contributed by atoms with E-state index >= 15 is 0 Å². The molecule has 0 aliphatic heterocycles. The number of aromatic nitrogens is 2. The molecule has 0 saturated heterocycles. The molecule has 0 aliphatic carbocycles. The molecule has 8 aromatic carbocycles. The number of para-hydroxylation sites is 4. The van der Waals surface area contributed by atoms with Crippen molar-refractivity contribution < 1.29 is 0 Å². The van der Waals surface area contributed by atoms with E-state index in [1.807, 2.05) is 6.07 Å². The molecule has 58 heavy (non-hydrogen) atoms. The van der Waals surface area contributed by atoms with Gasteiger partial charge in [-0.1, -0.05) is 165 Å². The number of hydrogen-bond donors (Lipinski definition) is 1. The van der Waals surface area contributed by atoms with Crippen LogP contribution in [0.1, 0.15) is 36.5 Å². The summed E-state index contributed by atoms with van der Waals surface area (Å²) in [5, 5.41) is 4.88. The summed E-state index contributed by atoms with van der Waals surface area (Å²) in [6.07, 6.45) is 0. The third kappa shape index (κ3) is 5.89. The SMILES string of the molecule is C/C(=C(/N=C(N)c1cccc(-n2c3ccccc3c3c(-c4cccc5c6ccccc6n(-c6ccccc6)c45)cccc32)c1)c1ccccc1)C(C)c1ccccc1. The van der Waals surface area contributed by atoms with Crippen LogP contribution in [0.2, 0.25) is 0 Å². The predicted octanol–water partition coefficient (Wildman–Crippen LogP) is 13.5. The van der Waals surface area contributed by atoms with Crippen LogP contribution in [0.3, 0.4) is 0 Å². The van der Waals surface area contributed by atoms with E-state index < -0.39 is 0 Å². The Hall–Kier alpha value is -7.43. The van der Waals surface area contributed by atoms with Crippen molar-refractivity contribution in [3.63, 3.8) is 0 Å². The molecule has 10 rings (SSSR count). The van der Waals surface area contributed by atoms with Crippen LogP contribution >= 0.6 is 0 Å². The van der Waals surface area contributed by atoms with Gasteiger partial charge in [-0.15, -0.1) is 0 Å². The number of fused-ring (bicyclic) bond motifs is 6. The molecule has 2 N–H and O–H groups in total. The minimum absolute atomic E-state index is 0.158. The molecule has 4 nitrogen and oxygen atoms in total. The number of rotatable bonds is 8. The Bertz CT molecular complexity index is 3190. The van der Waals surface area contributed by atoms with Gasteiger partial charge in [-0.05, 0) is 66.1 Å². The fourth-order valence-corrected chi connectivity index (χ4v) is 8.77. The molecule has 0 bridgehead atoms. The summed E-state index contributed by atoms with van der Waals surface area (Å²) in [4.78, 5) is 5.21. The van der Waals surface area contributed by atoms with Crippen LogP contribution in [0, 0.1) is 0 Å². The fraction of sp³-hybridized carbons (Fsp3) is 0.0556. The summed E-state index contributed by atoms with van der Waals surface area (Å²) in [5.41, 5.74) is 21.4. The van der Waals surface area contributed by atoms with Gasteiger partial charge in [0.2, 0.25) is 0 Å². The monoisotopic (exact) mass is 746 g/mol. The molecule has 0 fully saturated rings. The number of amidine groups is 1. The van der Waals surface area contributed by atoms with Crippen molar-refractivity contribution >= 4 is 55.1 Å². The Labute approximate surface area is 338 Å². The zero-order chi connectivity index (χ0) is 39.2. The average Bonchev–Trinajstić information content (AvgIpc) is 3.82. The summed E-state index contributed by atoms with van der Waals surface area (Å²) < 4.78 is 4.79. The number of benzene rings is 8. The minimum Gasteiger partial charge on any atom is -0.383 e. The highest BCUT2D eigenvalue weighted by molar-refractivity contribution is 6.20. The minimum atomic E-state index is 0.158. The Balaban J connectivity index is 1.16. The first kappa shape index (κ1) is 35.0. The van der Waals surface area contributed by atoms with E-state index in [4.69, 9.17) is 10.7 Å². The third-order valence-electron chi connectivity index (χ3n) is 11.7. The second-order valence-corrected chi connectivity index (χ2v) is 15.0. The number of nitrogens with zero attached hydrogens (tertiary/aromatic N) is 3. The van der Waals surface area contributed by atoms with Crippen molar-refractivity contribution in [1.29, 1.82) is 0 Å². The maximum atomic E-state index is 7.01. The van der Waals surface area contributed by atoms with Gasteiger partial charge in [0.1, 0.15) is 5.84 Å². The van der Waals surface area contributed by atoms with E-state index in [9.17, 15) is 0 Å². The van der Waals surface area contributed by atoms with Gasteiger partial charge < -0.3 is 14.9 Å². The highest BCUT2D eigenvalue weighted by Gasteiger charge is 2.21. The van der Waals surface area contributed by atoms with Crippen molar-refractivity contribution in [3.05, 3.63) is 222 Å². The summed E-state index contributed by atoms with van der Waals surface area (Å²) in [6.45, 7) is 4.40. The number of allylic oxidation sites excluding steroid dienone is 1. The second kappa shape index (κ2) is 14.6. The van der Waals surface area contributed by atoms with Crippen LogP contribution in [-0.4, -0.2) is 15.0 Å². The quantitative estimate of drug-likeness (QED) is 0.122. The fourth-order valence-electron chi connectivity index (χ4n) is 8.77. The largest absolute Gasteiger partial charge is 0.383 e. The summed E-state index contributed by atoms with van der Waals surface area (Å²) in [6, 6.07) is 71.0. The standard InChI is InChI=1S/C54H42N4/c1-36(38-19-6-3-7-20-38)37(2)52(39-21-8-4-9-22-39)56-54(55)40-23-16-26-42(35-40)57-49-33-15-13-28-47(49)51-44(29-18-34-50(51)57)46-31-17-30-45-43-27-12-14-32-48(43)58(53(45)46)41-24-10-5-11-25-41/h3-36H,1-2H3,(H2,55,56)/b52-37-. The van der Waals surface area contributed by atoms with Crippen molar-refractivity contribution in [2.75, 3.05) is 0 Å². The maximum Gasteiger partial charge on any atom is 0.131 e. The van der Waals surface area contributed by atoms with Crippen molar-refractivity contribution in [2.24, 2.45) is 10.7 Å². The van der Waals surface area contributed by atoms with Gasteiger partial charge in [-0.25, -0.2) is 4.99 Å². The summed E-state index contributed by atoms with van der Waals surface area (Å²) >= 11 is 0. The van der Waals surface area contributed by atoms with Crippen molar-refractivity contribution in [1.82, 2.24) is 9.13 Å². The molecule has 278 valence electrons. The lowest BCUT2D eigenvalue weighted by Gasteiger charge is -2.17. The number of aliphatic imine (C=N–C) groups is 1. The first-order valence-electron chi connectivity index (χ1n) is 19.9. The molecule has 1 unspecified atom stereocenters. The topological polar surface area (TPSA) is 48.2 Å². The lowest BCUT2D eigenvalue weighted by molar-refractivity contribution is 0.893. The van der Waals surface area contributed by atoms with Crippen molar-refractivity contribution in [2.45, 2.75) is 19.8 Å². The molecule has 0 radical (unpaired) electrons. The van der Waals surface area contributed by atoms with Gasteiger partial charge in [-0.3, -0.25) is 0 Å². The molecular weight excluding hydrogens is 705 g/mol. The van der Waals surface area contributed by atoms with Crippen LogP contribution in [0.4, 0.5) is 0 Å². The zero-order valence-electron chi connectivity index (χ0n) is 32.5. The third-order valence-corrected chi connectivity index (χ3v) is 11.7. The van der Waals surface area contributed by atoms with Crippen LogP contribution in [0.25, 0.3) is 71.8 Å². The van der Waals surface area contributed by atoms with E-state index in [1.165, 1.54) is 49.3 Å². The van der Waals surface area contributed by atoms with Gasteiger partial charge >= 0.3 is 0 Å². The molecule has 0 aliphatic rings. The van der Waals surface area contributed by atoms with E-state index in [0.29, 0.717) is 5.84 Å². The molecular formula is C54H42N4. The first-order chi connectivity index (χ1) is 28.6. The van der Waals surface area contributed by atoms with Gasteiger partial charge in [-0.2, -0.15) is 0 Å². The van der Waals surface area contributed by atoms with E-state index in [1.54, 1.807) is 0 Å². The Kier molecular flexibility index (Phi) is 8.80. The second-order valence-electron chi connectivity index (χ2n) is 15.0. The van der Waals surface area contributed by atoms with Gasteiger partial charge in [0.15, 0.2) is 0 Å². The van der Waals surface area contributed by atoms with E-state index in [0.717, 1.165) is 44.8 Å². The molecule has 2 aromatic heterocycles. The molecule has 0 spiro atoms. The summed E-state index contributed by atoms with van der Waals surface area (Å²) in [7, 11) is 0. The van der Waals surface area contributed by atoms with Gasteiger partial charge in [0.05, 0.1) is 27.8 Å². The zero-order valence-corrected chi connectivity index (χ0v) is 32.5. The van der Waals surface area contributed by atoms with Crippen LogP contribution < -0.4 is 5.73 Å². The highest BCUT2D eigenvalue weighted by Crippen LogP contribution is 2.43. The highest BCUT2D eigenvalue weighted by atomic mass is 15.0. The van der Waals surface area contributed by atoms with Gasteiger partial charge in [0.25, 0.3) is 0 Å². The molecule has 1 atom stereocenters. The molecule has 0 saturated carbocycles. The smallest absolute Gasteiger partial charge is 0.131 e. The Morgan fingerprint density at radius 3 is 1.78 bits per heavy atom. The average molecular weight is 747 g/mol. The molecule has 10 aromatic rings. The van der Waals surface area contributed by atoms with Crippen LogP contribution in [0.15, 0.2) is 211 Å². The van der Waals surface area contributed by atoms with Crippen LogP contribution in [-0.2, 0) is 0 Å². The van der Waals surface area contributed by atoms with E-state index in [-0.39, 0.29) is 5.92 Å². The molecule has 0 amide bonds. The predicted molar refractivity (Wildman–Crippen MR) is 245 cm³/mol. The molecule has 2 heterocycles. The number of nitrogens with two attached hydrogens (primary N) is 1. The first-order valence-corrected chi connectivity index (χ1v) is 19.9. The lowest BCUT2D eigenvalue weighted by atomic mass is 9.91. The van der Waals surface area contributed by atoms with Crippen molar-refractivity contribution in [3.8, 4) is 22.5 Å². The van der Waals surface area contributed by atoms with E-state index in [2.05, 4.69) is 217 Å². The lowest BCUT2D eigenvalue weighted by Crippen LogP contribution is -2.14. The Morgan fingerprint density at radius 1 is 0.483 bits per heavy atom. The summed E-state index contributed by atoms with van der Waals surface area (Å²) in [5.74, 6) is 0.632. The number of hydrogen-bond acceptors (Lipinski definition) is 1. The molecule has 4 heteroatoms. The normalized spacial score (nSPS) is 13.0. The maximum absolute atomic E-state index is 7.01. The van der Waals surface area contributed by atoms with Gasteiger partial charge in [0, 0.05) is 55.5 Å². The Morgan fingerprint density at radius 2 is 1.02 bits per heavy atom.